The van der Waals surface area contributed by atoms with E-state index in [-0.39, 0.29) is 11.3 Å². The molecule has 0 bridgehead atoms. The first kappa shape index (κ1) is 13.0. The molecule has 1 heterocycles. The third kappa shape index (κ3) is 2.36. The van der Waals surface area contributed by atoms with Crippen LogP contribution in [0.3, 0.4) is 0 Å². The van der Waals surface area contributed by atoms with Gasteiger partial charge in [-0.2, -0.15) is 5.26 Å². The summed E-state index contributed by atoms with van der Waals surface area (Å²) >= 11 is 0. The van der Waals surface area contributed by atoms with Gasteiger partial charge in [0.05, 0.1) is 12.0 Å². The minimum absolute atomic E-state index is 0.118. The highest BCUT2D eigenvalue weighted by atomic mass is 15.1. The molecule has 1 fully saturated rings. The van der Waals surface area contributed by atoms with Crippen LogP contribution in [0, 0.1) is 36.5 Å². The number of nitriles is 1. The Balaban J connectivity index is 2.24. The van der Waals surface area contributed by atoms with Gasteiger partial charge < -0.3 is 4.90 Å². The fourth-order valence-electron chi connectivity index (χ4n) is 2.75. The summed E-state index contributed by atoms with van der Waals surface area (Å²) < 4.78 is 0. The molecule has 1 aromatic carbocycles. The summed E-state index contributed by atoms with van der Waals surface area (Å²) in [4.78, 5) is 2.37. The second-order valence-corrected chi connectivity index (χ2v) is 6.16. The van der Waals surface area contributed by atoms with E-state index in [0.29, 0.717) is 0 Å². The van der Waals surface area contributed by atoms with Crippen LogP contribution < -0.4 is 4.90 Å². The highest BCUT2D eigenvalue weighted by Gasteiger charge is 2.35. The molecule has 0 amide bonds. The minimum Gasteiger partial charge on any atom is -0.370 e. The molecule has 1 aliphatic heterocycles. The average Bonchev–Trinajstić information content (AvgIpc) is 2.30. The third-order valence-electron chi connectivity index (χ3n) is 4.22. The molecule has 1 saturated heterocycles. The van der Waals surface area contributed by atoms with Gasteiger partial charge in [0, 0.05) is 18.8 Å². The maximum Gasteiger partial charge on any atom is 0.0690 e. The van der Waals surface area contributed by atoms with Gasteiger partial charge in [0.1, 0.15) is 0 Å². The molecule has 18 heavy (non-hydrogen) atoms. The number of nitrogens with zero attached hydrogens (tertiary/aromatic N) is 2. The van der Waals surface area contributed by atoms with Crippen LogP contribution in [-0.2, 0) is 0 Å². The van der Waals surface area contributed by atoms with Gasteiger partial charge in [-0.05, 0) is 37.3 Å². The van der Waals surface area contributed by atoms with Gasteiger partial charge in [-0.1, -0.05) is 31.5 Å². The molecule has 1 unspecified atom stereocenters. The molecule has 0 N–H and O–H groups in total. The molecule has 1 atom stereocenters. The van der Waals surface area contributed by atoms with Gasteiger partial charge >= 0.3 is 0 Å². The highest BCUT2D eigenvalue weighted by molar-refractivity contribution is 5.55. The number of piperidine rings is 1. The first-order chi connectivity index (χ1) is 8.44. The molecule has 0 saturated carbocycles. The lowest BCUT2D eigenvalue weighted by Gasteiger charge is -2.42. The van der Waals surface area contributed by atoms with Crippen LogP contribution in [0.1, 0.15) is 31.4 Å². The van der Waals surface area contributed by atoms with Crippen molar-refractivity contribution < 1.29 is 0 Å². The van der Waals surface area contributed by atoms with Crippen molar-refractivity contribution >= 4 is 5.69 Å². The van der Waals surface area contributed by atoms with Crippen LogP contribution in [0.4, 0.5) is 5.69 Å². The SMILES string of the molecule is Cc1ccc(N2CCC(C)(C)C(C#N)C2)c(C)c1. The zero-order valence-corrected chi connectivity index (χ0v) is 11.8. The Morgan fingerprint density at radius 2 is 2.06 bits per heavy atom. The summed E-state index contributed by atoms with van der Waals surface area (Å²) in [7, 11) is 0. The van der Waals surface area contributed by atoms with E-state index in [1.807, 2.05) is 0 Å². The maximum absolute atomic E-state index is 9.33. The summed E-state index contributed by atoms with van der Waals surface area (Å²) in [6.45, 7) is 10.6. The van der Waals surface area contributed by atoms with Crippen LogP contribution in [0.25, 0.3) is 0 Å². The Kier molecular flexibility index (Phi) is 3.34. The van der Waals surface area contributed by atoms with Gasteiger partial charge in [0.25, 0.3) is 0 Å². The zero-order valence-electron chi connectivity index (χ0n) is 11.8. The first-order valence-corrected chi connectivity index (χ1v) is 6.66. The van der Waals surface area contributed by atoms with E-state index in [0.717, 1.165) is 19.5 Å². The van der Waals surface area contributed by atoms with Crippen LogP contribution in [0.15, 0.2) is 18.2 Å². The Morgan fingerprint density at radius 3 is 2.67 bits per heavy atom. The summed E-state index contributed by atoms with van der Waals surface area (Å²) in [5.41, 5.74) is 4.04. The Labute approximate surface area is 110 Å². The Bertz CT molecular complexity index is 482. The van der Waals surface area contributed by atoms with Crippen molar-refractivity contribution in [2.45, 2.75) is 34.1 Å². The van der Waals surface area contributed by atoms with Crippen LogP contribution in [0.5, 0.6) is 0 Å². The zero-order chi connectivity index (χ0) is 13.3. The molecule has 0 aromatic heterocycles. The van der Waals surface area contributed by atoms with Gasteiger partial charge in [-0.15, -0.1) is 0 Å². The Hall–Kier alpha value is -1.49. The van der Waals surface area contributed by atoms with Crippen LogP contribution in [0.2, 0.25) is 0 Å². The summed E-state index contributed by atoms with van der Waals surface area (Å²) in [6, 6.07) is 9.05. The van der Waals surface area contributed by atoms with Crippen molar-refractivity contribution in [1.29, 1.82) is 5.26 Å². The predicted octanol–water partition coefficient (Wildman–Crippen LogP) is 3.68. The standard InChI is InChI=1S/C16H22N2/c1-12-5-6-15(13(2)9-12)18-8-7-16(3,4)14(10-17)11-18/h5-6,9,14H,7-8,11H2,1-4H3. The van der Waals surface area contributed by atoms with E-state index in [2.05, 4.69) is 56.9 Å². The molecular formula is C16H22N2. The lowest BCUT2D eigenvalue weighted by Crippen LogP contribution is -2.44. The number of hydrogen-bond donors (Lipinski definition) is 0. The number of hydrogen-bond acceptors (Lipinski definition) is 2. The monoisotopic (exact) mass is 242 g/mol. The van der Waals surface area contributed by atoms with Crippen LogP contribution in [-0.4, -0.2) is 13.1 Å². The lowest BCUT2D eigenvalue weighted by molar-refractivity contribution is 0.217. The first-order valence-electron chi connectivity index (χ1n) is 6.66. The Morgan fingerprint density at radius 1 is 1.33 bits per heavy atom. The molecule has 0 spiro atoms. The van der Waals surface area contributed by atoms with Crippen molar-refractivity contribution in [2.24, 2.45) is 11.3 Å². The van der Waals surface area contributed by atoms with Gasteiger partial charge in [0.2, 0.25) is 0 Å². The van der Waals surface area contributed by atoms with E-state index in [9.17, 15) is 5.26 Å². The summed E-state index contributed by atoms with van der Waals surface area (Å²) in [6.07, 6.45) is 1.08. The number of rotatable bonds is 1. The third-order valence-corrected chi connectivity index (χ3v) is 4.22. The molecule has 1 aliphatic rings. The summed E-state index contributed by atoms with van der Waals surface area (Å²) in [5, 5.41) is 9.33. The van der Waals surface area contributed by atoms with Crippen molar-refractivity contribution in [3.05, 3.63) is 29.3 Å². The van der Waals surface area contributed by atoms with E-state index >= 15 is 0 Å². The lowest BCUT2D eigenvalue weighted by atomic mass is 9.74. The molecule has 1 aromatic rings. The second-order valence-electron chi connectivity index (χ2n) is 6.16. The van der Waals surface area contributed by atoms with Gasteiger partial charge in [-0.3, -0.25) is 0 Å². The average molecular weight is 242 g/mol. The quantitative estimate of drug-likeness (QED) is 0.751. The normalized spacial score (nSPS) is 22.6. The molecule has 2 nitrogen and oxygen atoms in total. The molecule has 0 radical (unpaired) electrons. The topological polar surface area (TPSA) is 27.0 Å². The van der Waals surface area contributed by atoms with Gasteiger partial charge in [0.15, 0.2) is 0 Å². The molecule has 2 rings (SSSR count). The smallest absolute Gasteiger partial charge is 0.0690 e. The number of anilines is 1. The van der Waals surface area contributed by atoms with E-state index in [1.54, 1.807) is 0 Å². The predicted molar refractivity (Wildman–Crippen MR) is 75.6 cm³/mol. The molecule has 0 aliphatic carbocycles. The molecule has 96 valence electrons. The molecular weight excluding hydrogens is 220 g/mol. The molecule has 2 heteroatoms. The highest BCUT2D eigenvalue weighted by Crippen LogP contribution is 2.37. The maximum atomic E-state index is 9.33. The number of benzene rings is 1. The van der Waals surface area contributed by atoms with Crippen LogP contribution >= 0.6 is 0 Å². The largest absolute Gasteiger partial charge is 0.370 e. The van der Waals surface area contributed by atoms with E-state index in [1.165, 1.54) is 16.8 Å². The van der Waals surface area contributed by atoms with Crippen molar-refractivity contribution in [3.63, 3.8) is 0 Å². The minimum atomic E-state index is 0.118. The summed E-state index contributed by atoms with van der Waals surface area (Å²) in [5.74, 6) is 0.118. The van der Waals surface area contributed by atoms with E-state index < -0.39 is 0 Å². The van der Waals surface area contributed by atoms with Crippen molar-refractivity contribution in [1.82, 2.24) is 0 Å². The van der Waals surface area contributed by atoms with Crippen molar-refractivity contribution in [3.8, 4) is 6.07 Å². The second kappa shape index (κ2) is 4.65. The van der Waals surface area contributed by atoms with Gasteiger partial charge in [-0.25, -0.2) is 0 Å². The van der Waals surface area contributed by atoms with Crippen molar-refractivity contribution in [2.75, 3.05) is 18.0 Å². The fourth-order valence-corrected chi connectivity index (χ4v) is 2.75. The number of aryl methyl sites for hydroxylation is 2. The van der Waals surface area contributed by atoms with E-state index in [4.69, 9.17) is 0 Å². The fraction of sp³-hybridized carbons (Fsp3) is 0.562.